The quantitative estimate of drug-likeness (QED) is 0.811. The molecule has 1 aromatic rings. The molecule has 0 radical (unpaired) electrons. The van der Waals surface area contributed by atoms with Gasteiger partial charge < -0.3 is 11.1 Å². The Morgan fingerprint density at radius 3 is 2.33 bits per heavy atom. The van der Waals surface area contributed by atoms with Crippen molar-refractivity contribution in [3.8, 4) is 0 Å². The topological polar surface area (TPSA) is 55.1 Å². The number of hydrogen-bond acceptors (Lipinski definition) is 2. The second-order valence-corrected chi connectivity index (χ2v) is 4.89. The van der Waals surface area contributed by atoms with E-state index in [0.29, 0.717) is 13.0 Å². The first-order chi connectivity index (χ1) is 8.58. The van der Waals surface area contributed by atoms with E-state index in [-0.39, 0.29) is 17.9 Å². The Labute approximate surface area is 110 Å². The highest BCUT2D eigenvalue weighted by molar-refractivity contribution is 5.83. The van der Waals surface area contributed by atoms with Crippen LogP contribution in [-0.2, 0) is 11.2 Å². The van der Waals surface area contributed by atoms with Gasteiger partial charge in [0.15, 0.2) is 0 Å². The minimum absolute atomic E-state index is 0.0692. The fraction of sp³-hybridized carbons (Fsp3) is 0.533. The molecule has 0 heterocycles. The SMILES string of the molecule is CCc1ccc(C(CCN)C(=O)NC(C)C)cc1. The number of rotatable bonds is 6. The minimum atomic E-state index is -0.136. The van der Waals surface area contributed by atoms with Gasteiger partial charge in [-0.25, -0.2) is 0 Å². The van der Waals surface area contributed by atoms with E-state index >= 15 is 0 Å². The van der Waals surface area contributed by atoms with Crippen molar-refractivity contribution in [1.29, 1.82) is 0 Å². The Morgan fingerprint density at radius 1 is 1.28 bits per heavy atom. The number of carbonyl (C=O) groups is 1. The summed E-state index contributed by atoms with van der Waals surface area (Å²) in [6, 6.07) is 8.41. The fourth-order valence-corrected chi connectivity index (χ4v) is 1.99. The standard InChI is InChI=1S/C15H24N2O/c1-4-12-5-7-13(8-6-12)14(9-10-16)15(18)17-11(2)3/h5-8,11,14H,4,9-10,16H2,1-3H3,(H,17,18). The summed E-state index contributed by atoms with van der Waals surface area (Å²) in [5, 5.41) is 2.96. The van der Waals surface area contributed by atoms with Gasteiger partial charge in [0.2, 0.25) is 5.91 Å². The highest BCUT2D eigenvalue weighted by Crippen LogP contribution is 2.20. The Balaban J connectivity index is 2.85. The molecule has 0 bridgehead atoms. The van der Waals surface area contributed by atoms with Crippen molar-refractivity contribution in [3.05, 3.63) is 35.4 Å². The minimum Gasteiger partial charge on any atom is -0.353 e. The summed E-state index contributed by atoms with van der Waals surface area (Å²) in [5.41, 5.74) is 7.95. The lowest BCUT2D eigenvalue weighted by molar-refractivity contribution is -0.123. The summed E-state index contributed by atoms with van der Waals surface area (Å²) in [6.07, 6.45) is 1.70. The molecule has 18 heavy (non-hydrogen) atoms. The first-order valence-electron chi connectivity index (χ1n) is 6.67. The van der Waals surface area contributed by atoms with Gasteiger partial charge in [0.05, 0.1) is 5.92 Å². The molecule has 0 saturated heterocycles. The lowest BCUT2D eigenvalue weighted by atomic mass is 9.93. The molecular formula is C15H24N2O. The fourth-order valence-electron chi connectivity index (χ4n) is 1.99. The van der Waals surface area contributed by atoms with Gasteiger partial charge in [-0.3, -0.25) is 4.79 Å². The second kappa shape index (κ2) is 7.17. The van der Waals surface area contributed by atoms with Crippen LogP contribution in [-0.4, -0.2) is 18.5 Å². The Hall–Kier alpha value is -1.35. The summed E-state index contributed by atoms with van der Waals surface area (Å²) in [5.74, 6) is -0.0667. The first kappa shape index (κ1) is 14.7. The van der Waals surface area contributed by atoms with Crippen LogP contribution in [0.3, 0.4) is 0 Å². The van der Waals surface area contributed by atoms with Crippen LogP contribution in [0, 0.1) is 0 Å². The van der Waals surface area contributed by atoms with E-state index in [2.05, 4.69) is 24.4 Å². The highest BCUT2D eigenvalue weighted by Gasteiger charge is 2.20. The Kier molecular flexibility index (Phi) is 5.86. The van der Waals surface area contributed by atoms with Gasteiger partial charge in [0.1, 0.15) is 0 Å². The molecule has 1 atom stereocenters. The van der Waals surface area contributed by atoms with Crippen LogP contribution in [0.2, 0.25) is 0 Å². The summed E-state index contributed by atoms with van der Waals surface area (Å²) >= 11 is 0. The van der Waals surface area contributed by atoms with E-state index in [1.54, 1.807) is 0 Å². The maximum Gasteiger partial charge on any atom is 0.227 e. The van der Waals surface area contributed by atoms with Crippen LogP contribution >= 0.6 is 0 Å². The molecule has 1 unspecified atom stereocenters. The van der Waals surface area contributed by atoms with Crippen molar-refractivity contribution < 1.29 is 4.79 Å². The number of carbonyl (C=O) groups excluding carboxylic acids is 1. The van der Waals surface area contributed by atoms with Gasteiger partial charge in [-0.1, -0.05) is 31.2 Å². The number of amides is 1. The van der Waals surface area contributed by atoms with Crippen molar-refractivity contribution in [2.45, 2.75) is 45.6 Å². The molecule has 3 N–H and O–H groups in total. The van der Waals surface area contributed by atoms with Crippen LogP contribution in [0.25, 0.3) is 0 Å². The Bertz CT molecular complexity index is 371. The maximum atomic E-state index is 12.1. The van der Waals surface area contributed by atoms with E-state index in [9.17, 15) is 4.79 Å². The van der Waals surface area contributed by atoms with Gasteiger partial charge in [-0.15, -0.1) is 0 Å². The molecule has 0 aliphatic heterocycles. The number of benzene rings is 1. The third kappa shape index (κ3) is 4.15. The number of nitrogens with two attached hydrogens (primary N) is 1. The summed E-state index contributed by atoms with van der Waals surface area (Å²) in [7, 11) is 0. The summed E-state index contributed by atoms with van der Waals surface area (Å²) in [4.78, 5) is 12.1. The molecule has 1 amide bonds. The largest absolute Gasteiger partial charge is 0.353 e. The van der Waals surface area contributed by atoms with Crippen LogP contribution < -0.4 is 11.1 Å². The van der Waals surface area contributed by atoms with Crippen molar-refractivity contribution in [2.24, 2.45) is 5.73 Å². The average molecular weight is 248 g/mol. The number of nitrogens with one attached hydrogen (secondary N) is 1. The van der Waals surface area contributed by atoms with Crippen molar-refractivity contribution in [3.63, 3.8) is 0 Å². The normalized spacial score (nSPS) is 12.5. The molecule has 3 nitrogen and oxygen atoms in total. The molecule has 0 aliphatic rings. The van der Waals surface area contributed by atoms with Crippen molar-refractivity contribution >= 4 is 5.91 Å². The van der Waals surface area contributed by atoms with Crippen LogP contribution in [0.15, 0.2) is 24.3 Å². The highest BCUT2D eigenvalue weighted by atomic mass is 16.1. The molecule has 0 aliphatic carbocycles. The number of hydrogen-bond donors (Lipinski definition) is 2. The molecule has 0 spiro atoms. The van der Waals surface area contributed by atoms with E-state index in [0.717, 1.165) is 12.0 Å². The first-order valence-corrected chi connectivity index (χ1v) is 6.67. The summed E-state index contributed by atoms with van der Waals surface area (Å²) in [6.45, 7) is 6.58. The second-order valence-electron chi connectivity index (χ2n) is 4.89. The third-order valence-electron chi connectivity index (χ3n) is 2.99. The number of aryl methyl sites for hydroxylation is 1. The predicted octanol–water partition coefficient (Wildman–Crippen LogP) is 2.21. The van der Waals surface area contributed by atoms with Crippen LogP contribution in [0.1, 0.15) is 44.2 Å². The van der Waals surface area contributed by atoms with E-state index in [1.807, 2.05) is 26.0 Å². The Morgan fingerprint density at radius 2 is 1.89 bits per heavy atom. The zero-order valence-corrected chi connectivity index (χ0v) is 11.6. The van der Waals surface area contributed by atoms with Crippen LogP contribution in [0.4, 0.5) is 0 Å². The zero-order valence-electron chi connectivity index (χ0n) is 11.6. The van der Waals surface area contributed by atoms with Crippen molar-refractivity contribution in [1.82, 2.24) is 5.32 Å². The van der Waals surface area contributed by atoms with Gasteiger partial charge in [0, 0.05) is 6.04 Å². The maximum absolute atomic E-state index is 12.1. The van der Waals surface area contributed by atoms with Gasteiger partial charge >= 0.3 is 0 Å². The zero-order chi connectivity index (χ0) is 13.5. The molecule has 1 aromatic carbocycles. The monoisotopic (exact) mass is 248 g/mol. The molecule has 0 saturated carbocycles. The molecular weight excluding hydrogens is 224 g/mol. The lowest BCUT2D eigenvalue weighted by Crippen LogP contribution is -2.35. The van der Waals surface area contributed by atoms with E-state index < -0.39 is 0 Å². The van der Waals surface area contributed by atoms with E-state index in [4.69, 9.17) is 5.73 Å². The third-order valence-corrected chi connectivity index (χ3v) is 2.99. The van der Waals surface area contributed by atoms with Gasteiger partial charge in [-0.2, -0.15) is 0 Å². The smallest absolute Gasteiger partial charge is 0.227 e. The molecule has 0 aromatic heterocycles. The van der Waals surface area contributed by atoms with Gasteiger partial charge in [-0.05, 0) is 44.4 Å². The summed E-state index contributed by atoms with van der Waals surface area (Å²) < 4.78 is 0. The molecule has 0 fully saturated rings. The molecule has 3 heteroatoms. The average Bonchev–Trinajstić information content (AvgIpc) is 2.35. The van der Waals surface area contributed by atoms with E-state index in [1.165, 1.54) is 5.56 Å². The van der Waals surface area contributed by atoms with Gasteiger partial charge in [0.25, 0.3) is 0 Å². The molecule has 1 rings (SSSR count). The van der Waals surface area contributed by atoms with Crippen molar-refractivity contribution in [2.75, 3.05) is 6.54 Å². The predicted molar refractivity (Wildman–Crippen MR) is 75.5 cm³/mol. The lowest BCUT2D eigenvalue weighted by Gasteiger charge is -2.18. The van der Waals surface area contributed by atoms with Crippen LogP contribution in [0.5, 0.6) is 0 Å². The molecule has 100 valence electrons.